The zero-order valence-electron chi connectivity index (χ0n) is 12.3. The number of aliphatic hydroxyl groups excluding tert-OH is 2. The quantitative estimate of drug-likeness (QED) is 0.601. The van der Waals surface area contributed by atoms with Gasteiger partial charge in [-0.05, 0) is 12.8 Å². The van der Waals surface area contributed by atoms with Gasteiger partial charge in [-0.1, -0.05) is 45.4 Å². The maximum Gasteiger partial charge on any atom is 0.157 e. The molecule has 0 amide bonds. The van der Waals surface area contributed by atoms with E-state index < -0.39 is 5.41 Å². The van der Waals surface area contributed by atoms with Crippen LogP contribution in [-0.4, -0.2) is 42.9 Å². The number of aliphatic hydroxyl groups is 2. The maximum atomic E-state index is 9.22. The highest BCUT2D eigenvalue weighted by atomic mass is 16.7. The Bertz CT molecular complexity index is 206. The Hall–Kier alpha value is -0.160. The Labute approximate surface area is 117 Å². The smallest absolute Gasteiger partial charge is 0.157 e. The third-order valence-electron chi connectivity index (χ3n) is 3.87. The summed E-state index contributed by atoms with van der Waals surface area (Å²) in [6.45, 7) is 2.83. The van der Waals surface area contributed by atoms with Crippen LogP contribution in [0.25, 0.3) is 0 Å². The second-order valence-electron chi connectivity index (χ2n) is 5.78. The zero-order valence-corrected chi connectivity index (χ0v) is 12.3. The number of unbranched alkanes of at least 4 members (excludes halogenated alkanes) is 6. The van der Waals surface area contributed by atoms with Crippen molar-refractivity contribution in [1.82, 2.24) is 0 Å². The van der Waals surface area contributed by atoms with Crippen molar-refractivity contribution in [2.45, 2.75) is 64.6 Å². The van der Waals surface area contributed by atoms with E-state index >= 15 is 0 Å². The zero-order chi connectivity index (χ0) is 14.0. The van der Waals surface area contributed by atoms with Gasteiger partial charge in [0.25, 0.3) is 0 Å². The van der Waals surface area contributed by atoms with E-state index in [0.717, 1.165) is 12.8 Å². The van der Waals surface area contributed by atoms with Crippen LogP contribution < -0.4 is 0 Å². The van der Waals surface area contributed by atoms with Gasteiger partial charge in [-0.3, -0.25) is 0 Å². The number of rotatable bonds is 10. The Balaban J connectivity index is 2.00. The van der Waals surface area contributed by atoms with Gasteiger partial charge in [-0.25, -0.2) is 0 Å². The van der Waals surface area contributed by atoms with Gasteiger partial charge in [0, 0.05) is 0 Å². The van der Waals surface area contributed by atoms with Crippen molar-refractivity contribution in [3.8, 4) is 0 Å². The molecule has 1 rings (SSSR count). The molecule has 0 spiro atoms. The number of hydrogen-bond acceptors (Lipinski definition) is 4. The Kier molecular flexibility index (Phi) is 8.62. The third-order valence-corrected chi connectivity index (χ3v) is 3.87. The van der Waals surface area contributed by atoms with Crippen molar-refractivity contribution in [3.63, 3.8) is 0 Å². The second-order valence-corrected chi connectivity index (χ2v) is 5.78. The fourth-order valence-electron chi connectivity index (χ4n) is 2.30. The standard InChI is InChI=1S/C15H30O4/c1-2-3-4-5-6-7-8-9-14-18-12-15(10-16,11-17)13-19-14/h14,16-17H,2-13H2,1H3. The second kappa shape index (κ2) is 9.70. The van der Waals surface area contributed by atoms with Gasteiger partial charge in [0.05, 0.1) is 31.8 Å². The molecule has 1 aliphatic heterocycles. The molecule has 114 valence electrons. The topological polar surface area (TPSA) is 58.9 Å². The molecule has 0 atom stereocenters. The van der Waals surface area contributed by atoms with E-state index in [9.17, 15) is 10.2 Å². The molecule has 1 aliphatic rings. The van der Waals surface area contributed by atoms with Gasteiger partial charge >= 0.3 is 0 Å². The minimum absolute atomic E-state index is 0.0896. The van der Waals surface area contributed by atoms with Crippen molar-refractivity contribution in [1.29, 1.82) is 0 Å². The molecule has 1 heterocycles. The van der Waals surface area contributed by atoms with E-state index in [1.807, 2.05) is 0 Å². The summed E-state index contributed by atoms with van der Waals surface area (Å²) in [5.41, 5.74) is -0.601. The summed E-state index contributed by atoms with van der Waals surface area (Å²) >= 11 is 0. The molecule has 0 aromatic heterocycles. The lowest BCUT2D eigenvalue weighted by Crippen LogP contribution is -2.46. The van der Waals surface area contributed by atoms with Gasteiger partial charge in [-0.15, -0.1) is 0 Å². The molecule has 4 nitrogen and oxygen atoms in total. The molecule has 0 saturated carbocycles. The Morgan fingerprint density at radius 1 is 0.895 bits per heavy atom. The van der Waals surface area contributed by atoms with E-state index in [4.69, 9.17) is 9.47 Å². The van der Waals surface area contributed by atoms with Crippen molar-refractivity contribution < 1.29 is 19.7 Å². The highest BCUT2D eigenvalue weighted by Gasteiger charge is 2.35. The molecule has 4 heteroatoms. The van der Waals surface area contributed by atoms with Gasteiger partial charge in [0.2, 0.25) is 0 Å². The monoisotopic (exact) mass is 274 g/mol. The molecule has 19 heavy (non-hydrogen) atoms. The van der Waals surface area contributed by atoms with Crippen LogP contribution >= 0.6 is 0 Å². The molecular weight excluding hydrogens is 244 g/mol. The SMILES string of the molecule is CCCCCCCCCC1OCC(CO)(CO)CO1. The van der Waals surface area contributed by atoms with Gasteiger partial charge < -0.3 is 19.7 Å². The van der Waals surface area contributed by atoms with Crippen molar-refractivity contribution in [3.05, 3.63) is 0 Å². The first-order chi connectivity index (χ1) is 9.26. The van der Waals surface area contributed by atoms with Crippen LogP contribution in [0.5, 0.6) is 0 Å². The van der Waals surface area contributed by atoms with Crippen LogP contribution in [0, 0.1) is 5.41 Å². The molecule has 1 fully saturated rings. The summed E-state index contributed by atoms with van der Waals surface area (Å²) in [5, 5.41) is 18.4. The van der Waals surface area contributed by atoms with E-state index in [1.54, 1.807) is 0 Å². The first-order valence-corrected chi connectivity index (χ1v) is 7.71. The summed E-state index contributed by atoms with van der Waals surface area (Å²) in [4.78, 5) is 0. The van der Waals surface area contributed by atoms with Crippen LogP contribution in [-0.2, 0) is 9.47 Å². The summed E-state index contributed by atoms with van der Waals surface area (Å²) in [6, 6.07) is 0. The predicted molar refractivity (Wildman–Crippen MR) is 74.9 cm³/mol. The first kappa shape index (κ1) is 16.9. The largest absolute Gasteiger partial charge is 0.396 e. The van der Waals surface area contributed by atoms with Gasteiger partial charge in [0.1, 0.15) is 0 Å². The summed E-state index contributed by atoms with van der Waals surface area (Å²) in [7, 11) is 0. The van der Waals surface area contributed by atoms with Crippen molar-refractivity contribution in [2.24, 2.45) is 5.41 Å². The summed E-state index contributed by atoms with van der Waals surface area (Å²) < 4.78 is 11.2. The molecule has 0 aromatic rings. The maximum absolute atomic E-state index is 9.22. The van der Waals surface area contributed by atoms with E-state index in [2.05, 4.69) is 6.92 Å². The van der Waals surface area contributed by atoms with E-state index in [0.29, 0.717) is 13.2 Å². The van der Waals surface area contributed by atoms with E-state index in [1.165, 1.54) is 38.5 Å². The lowest BCUT2D eigenvalue weighted by molar-refractivity contribution is -0.245. The minimum Gasteiger partial charge on any atom is -0.396 e. The van der Waals surface area contributed by atoms with Crippen molar-refractivity contribution in [2.75, 3.05) is 26.4 Å². The molecule has 0 unspecified atom stereocenters. The van der Waals surface area contributed by atoms with Crippen LogP contribution in [0.3, 0.4) is 0 Å². The third kappa shape index (κ3) is 6.21. The lowest BCUT2D eigenvalue weighted by atomic mass is 9.91. The van der Waals surface area contributed by atoms with Crippen LogP contribution in [0.1, 0.15) is 58.3 Å². The predicted octanol–water partition coefficient (Wildman–Crippen LogP) is 2.47. The van der Waals surface area contributed by atoms with Crippen LogP contribution in [0.15, 0.2) is 0 Å². The fourth-order valence-corrected chi connectivity index (χ4v) is 2.30. The molecule has 2 N–H and O–H groups in total. The molecule has 0 aliphatic carbocycles. The highest BCUT2D eigenvalue weighted by Crippen LogP contribution is 2.25. The van der Waals surface area contributed by atoms with Crippen LogP contribution in [0.2, 0.25) is 0 Å². The van der Waals surface area contributed by atoms with E-state index in [-0.39, 0.29) is 19.5 Å². The molecule has 1 saturated heterocycles. The summed E-state index contributed by atoms with van der Waals surface area (Å²) in [6.07, 6.45) is 9.74. The molecule has 0 bridgehead atoms. The Morgan fingerprint density at radius 2 is 1.42 bits per heavy atom. The van der Waals surface area contributed by atoms with Gasteiger partial charge in [0.15, 0.2) is 6.29 Å². The molecule has 0 radical (unpaired) electrons. The Morgan fingerprint density at radius 3 is 1.95 bits per heavy atom. The highest BCUT2D eigenvalue weighted by molar-refractivity contribution is 4.80. The average molecular weight is 274 g/mol. The minimum atomic E-state index is -0.601. The molecular formula is C15H30O4. The number of hydrogen-bond donors (Lipinski definition) is 2. The molecule has 0 aromatic carbocycles. The van der Waals surface area contributed by atoms with Crippen LogP contribution in [0.4, 0.5) is 0 Å². The first-order valence-electron chi connectivity index (χ1n) is 7.71. The van der Waals surface area contributed by atoms with Gasteiger partial charge in [-0.2, -0.15) is 0 Å². The normalized spacial score (nSPS) is 19.7. The number of ether oxygens (including phenoxy) is 2. The average Bonchev–Trinajstić information content (AvgIpc) is 2.47. The lowest BCUT2D eigenvalue weighted by Gasteiger charge is -2.37. The summed E-state index contributed by atoms with van der Waals surface area (Å²) in [5.74, 6) is 0. The van der Waals surface area contributed by atoms with Crippen molar-refractivity contribution >= 4 is 0 Å². The fraction of sp³-hybridized carbons (Fsp3) is 1.00.